The number of aliphatic imine (C=N–C) groups is 1. The summed E-state index contributed by atoms with van der Waals surface area (Å²) in [4.78, 5) is 6.25. The molecule has 3 N–H and O–H groups in total. The topological polar surface area (TPSA) is 83.3 Å². The van der Waals surface area contributed by atoms with Gasteiger partial charge in [-0.1, -0.05) is 28.9 Å². The Hall–Kier alpha value is -2.15. The van der Waals surface area contributed by atoms with Gasteiger partial charge in [0.25, 0.3) is 0 Å². The van der Waals surface area contributed by atoms with Crippen LogP contribution in [0.5, 0.6) is 0 Å². The minimum absolute atomic E-state index is 0.0973. The maximum atomic E-state index is 8.27. The second kappa shape index (κ2) is 5.49. The van der Waals surface area contributed by atoms with Crippen LogP contribution in [-0.4, -0.2) is 33.5 Å². The highest BCUT2D eigenvalue weighted by atomic mass is 79.9. The Morgan fingerprint density at radius 3 is 2.83 bits per heavy atom. The van der Waals surface area contributed by atoms with Gasteiger partial charge in [0.05, 0.1) is 17.4 Å². The molecule has 2 heterocycles. The van der Waals surface area contributed by atoms with Crippen molar-refractivity contribution in [3.8, 4) is 5.69 Å². The van der Waals surface area contributed by atoms with Crippen molar-refractivity contribution in [1.29, 1.82) is 5.41 Å². The molecule has 1 aliphatic heterocycles. The number of benzene rings is 1. The summed E-state index contributed by atoms with van der Waals surface area (Å²) in [5.74, 6) is 0.709. The lowest BCUT2D eigenvalue weighted by Gasteiger charge is -2.39. The minimum atomic E-state index is -0.599. The molecule has 0 spiro atoms. The molecule has 1 aromatic carbocycles. The van der Waals surface area contributed by atoms with Gasteiger partial charge in [-0.3, -0.25) is 5.41 Å². The Morgan fingerprint density at radius 2 is 2.13 bits per heavy atom. The van der Waals surface area contributed by atoms with E-state index in [2.05, 4.69) is 26.0 Å². The van der Waals surface area contributed by atoms with Gasteiger partial charge in [0.2, 0.25) is 0 Å². The van der Waals surface area contributed by atoms with Crippen LogP contribution in [0.15, 0.2) is 46.1 Å². The van der Waals surface area contributed by atoms with Crippen LogP contribution < -0.4 is 5.73 Å². The van der Waals surface area contributed by atoms with Gasteiger partial charge in [-0.15, -0.1) is 0 Å². The van der Waals surface area contributed by atoms with Crippen molar-refractivity contribution in [1.82, 2.24) is 14.7 Å². The minimum Gasteiger partial charge on any atom is -0.369 e. The molecule has 0 saturated carbocycles. The molecule has 1 aromatic heterocycles. The molecule has 1 unspecified atom stereocenters. The summed E-state index contributed by atoms with van der Waals surface area (Å²) < 4.78 is 2.81. The van der Waals surface area contributed by atoms with Gasteiger partial charge in [0.15, 0.2) is 5.96 Å². The van der Waals surface area contributed by atoms with E-state index in [1.807, 2.05) is 49.0 Å². The SMILES string of the molecule is CC1C(=N)N(C)C(N)=N[C@]1(C)c1cnn(-c2cccc(Br)c2)c1. The van der Waals surface area contributed by atoms with Gasteiger partial charge in [-0.2, -0.15) is 5.10 Å². The van der Waals surface area contributed by atoms with Crippen LogP contribution in [0.4, 0.5) is 0 Å². The molecule has 0 fully saturated rings. The van der Waals surface area contributed by atoms with E-state index in [1.54, 1.807) is 18.1 Å². The fourth-order valence-corrected chi connectivity index (χ4v) is 3.14. The highest BCUT2D eigenvalue weighted by Gasteiger charge is 2.42. The fraction of sp³-hybridized carbons (Fsp3) is 0.312. The van der Waals surface area contributed by atoms with Crippen molar-refractivity contribution in [3.05, 3.63) is 46.7 Å². The number of nitrogens with one attached hydrogen (secondary N) is 1. The van der Waals surface area contributed by atoms with Gasteiger partial charge in [-0.25, -0.2) is 9.67 Å². The van der Waals surface area contributed by atoms with Gasteiger partial charge in [-0.05, 0) is 25.1 Å². The third-order valence-electron chi connectivity index (χ3n) is 4.54. The molecule has 23 heavy (non-hydrogen) atoms. The van der Waals surface area contributed by atoms with Crippen molar-refractivity contribution >= 4 is 27.7 Å². The number of amidine groups is 1. The van der Waals surface area contributed by atoms with Crippen LogP contribution in [-0.2, 0) is 5.54 Å². The third-order valence-corrected chi connectivity index (χ3v) is 5.04. The van der Waals surface area contributed by atoms with E-state index >= 15 is 0 Å². The summed E-state index contributed by atoms with van der Waals surface area (Å²) in [6.07, 6.45) is 3.75. The average molecular weight is 375 g/mol. The molecule has 1 aliphatic rings. The normalized spacial score (nSPS) is 24.7. The Balaban J connectivity index is 2.04. The number of nitrogens with zero attached hydrogens (tertiary/aromatic N) is 4. The average Bonchev–Trinajstić information content (AvgIpc) is 3.02. The van der Waals surface area contributed by atoms with Crippen molar-refractivity contribution in [2.45, 2.75) is 19.4 Å². The number of hydrogen-bond donors (Lipinski definition) is 2. The number of guanidine groups is 1. The summed E-state index contributed by atoms with van der Waals surface area (Å²) in [7, 11) is 1.77. The van der Waals surface area contributed by atoms with Crippen molar-refractivity contribution in [3.63, 3.8) is 0 Å². The quantitative estimate of drug-likeness (QED) is 0.847. The largest absolute Gasteiger partial charge is 0.369 e. The van der Waals surface area contributed by atoms with Crippen LogP contribution in [0.1, 0.15) is 19.4 Å². The molecule has 6 nitrogen and oxygen atoms in total. The highest BCUT2D eigenvalue weighted by molar-refractivity contribution is 9.10. The van der Waals surface area contributed by atoms with Crippen LogP contribution in [0.25, 0.3) is 5.69 Å². The molecule has 2 aromatic rings. The van der Waals surface area contributed by atoms with Gasteiger partial charge in [0, 0.05) is 29.2 Å². The smallest absolute Gasteiger partial charge is 0.197 e. The van der Waals surface area contributed by atoms with E-state index in [-0.39, 0.29) is 5.92 Å². The lowest BCUT2D eigenvalue weighted by atomic mass is 9.80. The maximum absolute atomic E-state index is 8.27. The molecule has 120 valence electrons. The zero-order valence-corrected chi connectivity index (χ0v) is 14.9. The molecule has 0 aliphatic carbocycles. The van der Waals surface area contributed by atoms with Crippen molar-refractivity contribution in [2.75, 3.05) is 7.05 Å². The van der Waals surface area contributed by atoms with Crippen LogP contribution >= 0.6 is 15.9 Å². The lowest BCUT2D eigenvalue weighted by molar-refractivity contribution is 0.363. The number of aromatic nitrogens is 2. The van der Waals surface area contributed by atoms with Crippen molar-refractivity contribution < 1.29 is 0 Å². The first-order valence-electron chi connectivity index (χ1n) is 7.31. The van der Waals surface area contributed by atoms with Crippen molar-refractivity contribution in [2.24, 2.45) is 16.6 Å². The summed E-state index contributed by atoms with van der Waals surface area (Å²) in [6, 6.07) is 7.92. The fourth-order valence-electron chi connectivity index (χ4n) is 2.75. The Labute approximate surface area is 143 Å². The van der Waals surface area contributed by atoms with Gasteiger partial charge < -0.3 is 10.6 Å². The molecular formula is C16H19BrN6. The lowest BCUT2D eigenvalue weighted by Crippen LogP contribution is -2.52. The predicted molar refractivity (Wildman–Crippen MR) is 94.9 cm³/mol. The van der Waals surface area contributed by atoms with E-state index < -0.39 is 5.54 Å². The predicted octanol–water partition coefficient (Wildman–Crippen LogP) is 2.72. The molecule has 0 saturated heterocycles. The monoisotopic (exact) mass is 374 g/mol. The molecule has 2 atom stereocenters. The summed E-state index contributed by atoms with van der Waals surface area (Å²) in [5.41, 5.74) is 7.28. The first-order chi connectivity index (χ1) is 10.8. The van der Waals surface area contributed by atoms with E-state index in [1.165, 1.54) is 0 Å². The number of hydrogen-bond acceptors (Lipinski definition) is 4. The number of nitrogens with two attached hydrogens (primary N) is 1. The molecule has 0 radical (unpaired) electrons. The molecular weight excluding hydrogens is 356 g/mol. The Morgan fingerprint density at radius 1 is 1.39 bits per heavy atom. The van der Waals surface area contributed by atoms with E-state index in [0.29, 0.717) is 11.8 Å². The first-order valence-corrected chi connectivity index (χ1v) is 8.11. The summed E-state index contributed by atoms with van der Waals surface area (Å²) in [5, 5.41) is 12.7. The zero-order chi connectivity index (χ0) is 16.8. The Kier molecular flexibility index (Phi) is 3.75. The Bertz CT molecular complexity index is 795. The number of rotatable bonds is 2. The van der Waals surface area contributed by atoms with E-state index in [9.17, 15) is 0 Å². The van der Waals surface area contributed by atoms with E-state index in [4.69, 9.17) is 11.1 Å². The third kappa shape index (κ3) is 2.55. The molecule has 7 heteroatoms. The molecule has 0 amide bonds. The second-order valence-electron chi connectivity index (χ2n) is 5.94. The van der Waals surface area contributed by atoms with Crippen LogP contribution in [0.3, 0.4) is 0 Å². The second-order valence-corrected chi connectivity index (χ2v) is 6.85. The molecule has 0 bridgehead atoms. The summed E-state index contributed by atoms with van der Waals surface area (Å²) >= 11 is 3.47. The first kappa shape index (κ1) is 15.7. The maximum Gasteiger partial charge on any atom is 0.197 e. The number of halogens is 1. The molecule has 3 rings (SSSR count). The summed E-state index contributed by atoms with van der Waals surface area (Å²) in [6.45, 7) is 3.99. The van der Waals surface area contributed by atoms with Gasteiger partial charge in [0.1, 0.15) is 5.84 Å². The standard InChI is InChI=1S/C16H19BrN6/c1-10-14(18)22(3)15(19)21-16(10,2)11-8-20-23(9-11)13-6-4-5-12(17)7-13/h4-10,18H,1-3H3,(H2,19,21)/t10?,16-/m0/s1. The highest BCUT2D eigenvalue weighted by Crippen LogP contribution is 2.37. The van der Waals surface area contributed by atoms with Gasteiger partial charge >= 0.3 is 0 Å². The van der Waals surface area contributed by atoms with Crippen LogP contribution in [0, 0.1) is 11.3 Å². The van der Waals surface area contributed by atoms with Crippen LogP contribution in [0.2, 0.25) is 0 Å². The van der Waals surface area contributed by atoms with E-state index in [0.717, 1.165) is 15.7 Å². The zero-order valence-electron chi connectivity index (χ0n) is 13.3.